The number of fused-ring (bicyclic) bond motifs is 1. The maximum atomic E-state index is 12.8. The Hall–Kier alpha value is -3.54. The Morgan fingerprint density at radius 2 is 1.88 bits per heavy atom. The molecule has 4 aromatic rings. The summed E-state index contributed by atoms with van der Waals surface area (Å²) in [5.41, 5.74) is 2.45. The molecule has 0 aliphatic heterocycles. The van der Waals surface area contributed by atoms with Crippen molar-refractivity contribution >= 4 is 52.0 Å². The highest BCUT2D eigenvalue weighted by Crippen LogP contribution is 2.33. The Labute approximate surface area is 249 Å². The first-order valence-electron chi connectivity index (χ1n) is 13.8. The van der Waals surface area contributed by atoms with Gasteiger partial charge in [0, 0.05) is 24.0 Å². The number of halogens is 1. The minimum absolute atomic E-state index is 0.286. The Kier molecular flexibility index (Phi) is 11.1. The van der Waals surface area contributed by atoms with Crippen LogP contribution < -0.4 is 15.4 Å². The molecule has 0 fully saturated rings. The second-order valence-electron chi connectivity index (χ2n) is 10.0. The lowest BCUT2D eigenvalue weighted by Gasteiger charge is -2.10. The SMILES string of the molecule is CCCCCCCn1nc(NC(=O)c2cnsc2)c2cc(Cl)c(-c3ccc(OC(=O)NCCCN(C)C)cc3)nc21. The number of pyridine rings is 1. The highest BCUT2D eigenvalue weighted by molar-refractivity contribution is 7.03. The smallest absolute Gasteiger partial charge is 0.410 e. The number of hydrogen-bond acceptors (Lipinski definition) is 8. The lowest BCUT2D eigenvalue weighted by Crippen LogP contribution is -2.29. The van der Waals surface area contributed by atoms with E-state index in [4.69, 9.17) is 26.4 Å². The summed E-state index contributed by atoms with van der Waals surface area (Å²) in [7, 11) is 3.98. The lowest BCUT2D eigenvalue weighted by molar-refractivity contribution is 0.102. The summed E-state index contributed by atoms with van der Waals surface area (Å²) in [6.07, 6.45) is 7.43. The summed E-state index contributed by atoms with van der Waals surface area (Å²) in [6, 6.07) is 8.83. The van der Waals surface area contributed by atoms with E-state index >= 15 is 0 Å². The fourth-order valence-electron chi connectivity index (χ4n) is 4.29. The van der Waals surface area contributed by atoms with Crippen molar-refractivity contribution in [2.24, 2.45) is 0 Å². The molecule has 4 rings (SSSR count). The molecular formula is C29H36ClN7O3S. The van der Waals surface area contributed by atoms with Crippen LogP contribution in [0.4, 0.5) is 10.6 Å². The molecule has 0 atom stereocenters. The molecule has 0 unspecified atom stereocenters. The van der Waals surface area contributed by atoms with Crippen molar-refractivity contribution in [1.82, 2.24) is 29.4 Å². The molecule has 0 spiro atoms. The Morgan fingerprint density at radius 3 is 2.59 bits per heavy atom. The molecule has 2 N–H and O–H groups in total. The molecule has 10 nitrogen and oxygen atoms in total. The first-order valence-corrected chi connectivity index (χ1v) is 15.1. The number of aromatic nitrogens is 4. The maximum absolute atomic E-state index is 12.8. The molecule has 0 aliphatic carbocycles. The molecule has 0 saturated heterocycles. The fourth-order valence-corrected chi connectivity index (χ4v) is 5.07. The van der Waals surface area contributed by atoms with Crippen molar-refractivity contribution in [3.8, 4) is 17.0 Å². The Bertz CT molecular complexity index is 1440. The summed E-state index contributed by atoms with van der Waals surface area (Å²) in [6.45, 7) is 4.27. The van der Waals surface area contributed by atoms with Crippen LogP contribution in [0, 0.1) is 0 Å². The van der Waals surface area contributed by atoms with E-state index < -0.39 is 6.09 Å². The van der Waals surface area contributed by atoms with Crippen LogP contribution in [0.2, 0.25) is 5.02 Å². The number of hydrogen-bond donors (Lipinski definition) is 2. The minimum atomic E-state index is -0.496. The zero-order valence-electron chi connectivity index (χ0n) is 23.7. The first kappa shape index (κ1) is 30.4. The standard InChI is InChI=1S/C29H36ClN7O3S/c1-4-5-6-7-8-16-37-27-23(26(35-37)34-28(38)21-18-32-41-19-21)17-24(30)25(33-27)20-10-12-22(13-11-20)40-29(39)31-14-9-15-36(2)3/h10-13,17-19H,4-9,14-16H2,1-3H3,(H,31,39)(H,34,35,38). The van der Waals surface area contributed by atoms with E-state index in [0.717, 1.165) is 37.8 Å². The summed E-state index contributed by atoms with van der Waals surface area (Å²) in [5.74, 6) is 0.540. The van der Waals surface area contributed by atoms with E-state index in [1.165, 1.54) is 30.6 Å². The van der Waals surface area contributed by atoms with Gasteiger partial charge >= 0.3 is 6.09 Å². The van der Waals surface area contributed by atoms with Gasteiger partial charge in [0.15, 0.2) is 11.5 Å². The van der Waals surface area contributed by atoms with E-state index in [2.05, 4.69) is 26.8 Å². The molecule has 0 radical (unpaired) electrons. The number of anilines is 1. The molecule has 0 saturated carbocycles. The molecule has 41 heavy (non-hydrogen) atoms. The number of aryl methyl sites for hydroxylation is 1. The fraction of sp³-hybridized carbons (Fsp3) is 0.414. The largest absolute Gasteiger partial charge is 0.412 e. The van der Waals surface area contributed by atoms with Gasteiger partial charge in [-0.3, -0.25) is 4.79 Å². The highest BCUT2D eigenvalue weighted by Gasteiger charge is 2.19. The second kappa shape index (κ2) is 14.9. The van der Waals surface area contributed by atoms with E-state index in [1.54, 1.807) is 23.6 Å². The number of nitrogens with one attached hydrogen (secondary N) is 2. The van der Waals surface area contributed by atoms with Gasteiger partial charge in [0.2, 0.25) is 0 Å². The third-order valence-corrected chi connectivity index (χ3v) is 7.34. The third kappa shape index (κ3) is 8.48. The predicted molar refractivity (Wildman–Crippen MR) is 164 cm³/mol. The van der Waals surface area contributed by atoms with Crippen LogP contribution in [0.1, 0.15) is 55.8 Å². The molecule has 3 heterocycles. The van der Waals surface area contributed by atoms with Gasteiger partial charge in [-0.2, -0.15) is 5.10 Å². The van der Waals surface area contributed by atoms with Gasteiger partial charge in [-0.1, -0.05) is 44.2 Å². The predicted octanol–water partition coefficient (Wildman–Crippen LogP) is 6.47. The Balaban J connectivity index is 1.53. The van der Waals surface area contributed by atoms with E-state index in [1.807, 2.05) is 30.9 Å². The van der Waals surface area contributed by atoms with Gasteiger partial charge < -0.3 is 20.3 Å². The van der Waals surface area contributed by atoms with Crippen LogP contribution in [0.3, 0.4) is 0 Å². The van der Waals surface area contributed by atoms with Crippen molar-refractivity contribution in [3.63, 3.8) is 0 Å². The van der Waals surface area contributed by atoms with Crippen molar-refractivity contribution in [1.29, 1.82) is 0 Å². The second-order valence-corrected chi connectivity index (χ2v) is 11.1. The molecule has 1 aromatic carbocycles. The monoisotopic (exact) mass is 597 g/mol. The number of ether oxygens (including phenoxy) is 1. The first-order chi connectivity index (χ1) is 19.9. The number of benzene rings is 1. The highest BCUT2D eigenvalue weighted by atomic mass is 35.5. The number of carbonyl (C=O) groups is 2. The van der Waals surface area contributed by atoms with Gasteiger partial charge in [0.1, 0.15) is 5.75 Å². The van der Waals surface area contributed by atoms with Gasteiger partial charge in [-0.05, 0) is 75.3 Å². The van der Waals surface area contributed by atoms with Crippen molar-refractivity contribution in [3.05, 3.63) is 52.5 Å². The third-order valence-electron chi connectivity index (χ3n) is 6.47. The number of nitrogens with zero attached hydrogens (tertiary/aromatic N) is 5. The maximum Gasteiger partial charge on any atom is 0.412 e. The Morgan fingerprint density at radius 1 is 1.10 bits per heavy atom. The summed E-state index contributed by atoms with van der Waals surface area (Å²) in [5, 5.41) is 13.1. The zero-order chi connectivity index (χ0) is 29.2. The average Bonchev–Trinajstić information content (AvgIpc) is 3.60. The van der Waals surface area contributed by atoms with Gasteiger partial charge in [-0.15, -0.1) is 0 Å². The molecule has 0 bridgehead atoms. The van der Waals surface area contributed by atoms with Gasteiger partial charge in [0.05, 0.1) is 27.9 Å². The van der Waals surface area contributed by atoms with E-state index in [-0.39, 0.29) is 5.91 Å². The van der Waals surface area contributed by atoms with Crippen LogP contribution in [0.15, 0.2) is 41.9 Å². The van der Waals surface area contributed by atoms with Crippen LogP contribution in [-0.2, 0) is 6.54 Å². The average molecular weight is 598 g/mol. The lowest BCUT2D eigenvalue weighted by atomic mass is 10.1. The summed E-state index contributed by atoms with van der Waals surface area (Å²) >= 11 is 7.93. The molecular weight excluding hydrogens is 562 g/mol. The number of rotatable bonds is 14. The van der Waals surface area contributed by atoms with Crippen molar-refractivity contribution in [2.75, 3.05) is 32.5 Å². The van der Waals surface area contributed by atoms with Crippen LogP contribution in [-0.4, -0.2) is 63.2 Å². The van der Waals surface area contributed by atoms with Crippen molar-refractivity contribution in [2.45, 2.75) is 52.0 Å². The van der Waals surface area contributed by atoms with Crippen LogP contribution in [0.5, 0.6) is 5.75 Å². The molecule has 12 heteroatoms. The van der Waals surface area contributed by atoms with Gasteiger partial charge in [0.25, 0.3) is 5.91 Å². The molecule has 218 valence electrons. The molecule has 3 aromatic heterocycles. The van der Waals surface area contributed by atoms with Crippen LogP contribution in [0.25, 0.3) is 22.3 Å². The van der Waals surface area contributed by atoms with E-state index in [9.17, 15) is 9.59 Å². The zero-order valence-corrected chi connectivity index (χ0v) is 25.2. The number of unbranched alkanes of at least 4 members (excludes halogenated alkanes) is 4. The minimum Gasteiger partial charge on any atom is -0.410 e. The van der Waals surface area contributed by atoms with Crippen molar-refractivity contribution < 1.29 is 14.3 Å². The molecule has 2 amide bonds. The topological polar surface area (TPSA) is 114 Å². The molecule has 0 aliphatic rings. The number of carbonyl (C=O) groups excluding carboxylic acids is 2. The quantitative estimate of drug-likeness (QED) is 0.160. The summed E-state index contributed by atoms with van der Waals surface area (Å²) in [4.78, 5) is 31.8. The number of amides is 2. The van der Waals surface area contributed by atoms with E-state index in [0.29, 0.717) is 52.0 Å². The normalized spacial score (nSPS) is 11.2. The van der Waals surface area contributed by atoms with Crippen LogP contribution >= 0.6 is 23.1 Å². The summed E-state index contributed by atoms with van der Waals surface area (Å²) < 4.78 is 11.2. The van der Waals surface area contributed by atoms with Gasteiger partial charge in [-0.25, -0.2) is 18.8 Å².